The molecule has 1 N–H and O–H groups in total. The Morgan fingerprint density at radius 2 is 1.58 bits per heavy atom. The fourth-order valence-electron chi connectivity index (χ4n) is 4.75. The Labute approximate surface area is 185 Å². The topological polar surface area (TPSA) is 66.5 Å². The Morgan fingerprint density at radius 3 is 2.26 bits per heavy atom. The Morgan fingerprint density at radius 1 is 0.903 bits per heavy atom. The van der Waals surface area contributed by atoms with Crippen molar-refractivity contribution in [2.75, 3.05) is 18.4 Å². The molecule has 2 aliphatic rings. The van der Waals surface area contributed by atoms with Gasteiger partial charge in [-0.25, -0.2) is 8.42 Å². The van der Waals surface area contributed by atoms with Crippen molar-refractivity contribution >= 4 is 21.6 Å². The van der Waals surface area contributed by atoms with Crippen LogP contribution in [0.3, 0.4) is 0 Å². The number of carbonyl (C=O) groups excluding carboxylic acids is 1. The summed E-state index contributed by atoms with van der Waals surface area (Å²) >= 11 is 0. The van der Waals surface area contributed by atoms with E-state index in [1.165, 1.54) is 42.0 Å². The summed E-state index contributed by atoms with van der Waals surface area (Å²) in [5, 5.41) is 3.00. The molecule has 6 heteroatoms. The fourth-order valence-corrected chi connectivity index (χ4v) is 6.28. The average molecular weight is 441 g/mol. The van der Waals surface area contributed by atoms with Gasteiger partial charge < -0.3 is 5.32 Å². The smallest absolute Gasteiger partial charge is 0.243 e. The highest BCUT2D eigenvalue weighted by Crippen LogP contribution is 2.33. The molecule has 4 rings (SSSR count). The highest BCUT2D eigenvalue weighted by atomic mass is 32.2. The number of benzene rings is 2. The van der Waals surface area contributed by atoms with Gasteiger partial charge in [-0.15, -0.1) is 0 Å². The third-order valence-corrected chi connectivity index (χ3v) is 8.55. The number of nitrogens with one attached hydrogen (secondary N) is 1. The van der Waals surface area contributed by atoms with E-state index in [2.05, 4.69) is 17.4 Å². The first-order chi connectivity index (χ1) is 14.9. The first-order valence-corrected chi connectivity index (χ1v) is 12.8. The van der Waals surface area contributed by atoms with E-state index < -0.39 is 10.0 Å². The van der Waals surface area contributed by atoms with Gasteiger partial charge in [-0.2, -0.15) is 4.31 Å². The molecule has 0 spiro atoms. The molecule has 166 valence electrons. The molecule has 2 aromatic rings. The quantitative estimate of drug-likeness (QED) is 0.705. The van der Waals surface area contributed by atoms with E-state index in [1.54, 1.807) is 24.3 Å². The predicted octanol–water partition coefficient (Wildman–Crippen LogP) is 5.08. The Hall–Kier alpha value is -2.18. The molecular weight excluding hydrogens is 408 g/mol. The highest BCUT2D eigenvalue weighted by Gasteiger charge is 2.33. The summed E-state index contributed by atoms with van der Waals surface area (Å²) in [5.74, 6) is 0.193. The minimum Gasteiger partial charge on any atom is -0.326 e. The summed E-state index contributed by atoms with van der Waals surface area (Å²) in [7, 11) is -3.58. The lowest BCUT2D eigenvalue weighted by atomic mass is 9.84. The van der Waals surface area contributed by atoms with Crippen molar-refractivity contribution in [1.29, 1.82) is 0 Å². The zero-order valence-electron chi connectivity index (χ0n) is 18.2. The molecule has 1 heterocycles. The first kappa shape index (κ1) is 22.0. The number of hydrogen-bond acceptors (Lipinski definition) is 3. The number of amides is 1. The Bertz CT molecular complexity index is 994. The lowest BCUT2D eigenvalue weighted by molar-refractivity contribution is -0.120. The van der Waals surface area contributed by atoms with Gasteiger partial charge in [0, 0.05) is 18.8 Å². The summed E-state index contributed by atoms with van der Waals surface area (Å²) in [4.78, 5) is 13.2. The molecule has 1 aliphatic heterocycles. The molecule has 0 radical (unpaired) electrons. The lowest BCUT2D eigenvalue weighted by Crippen LogP contribution is -2.43. The molecule has 5 nitrogen and oxygen atoms in total. The van der Waals surface area contributed by atoms with Crippen LogP contribution < -0.4 is 5.32 Å². The van der Waals surface area contributed by atoms with Crippen LogP contribution in [0, 0.1) is 12.8 Å². The number of sulfonamides is 1. The molecule has 2 aromatic carbocycles. The van der Waals surface area contributed by atoms with Gasteiger partial charge in [0.25, 0.3) is 0 Å². The normalized spacial score (nSPS) is 21.0. The highest BCUT2D eigenvalue weighted by molar-refractivity contribution is 7.89. The van der Waals surface area contributed by atoms with Crippen LogP contribution in [0.1, 0.15) is 62.0 Å². The zero-order chi connectivity index (χ0) is 21.8. The standard InChI is InChI=1S/C25H32N2O3S/c1-19-9-15-24(16-10-19)31(29,30)27-17-5-8-22(18-27)25(28)26-23-13-11-21(12-14-23)20-6-3-2-4-7-20/h9-16,20,22H,2-8,17-18H2,1H3,(H,26,28)/t22-/m0/s1. The SMILES string of the molecule is Cc1ccc(S(=O)(=O)N2CCC[C@H](C(=O)Nc3ccc(C4CCCCC4)cc3)C2)cc1. The maximum absolute atomic E-state index is 13.0. The summed E-state index contributed by atoms with van der Waals surface area (Å²) in [6.45, 7) is 2.61. The second-order valence-corrected chi connectivity index (χ2v) is 10.9. The van der Waals surface area contributed by atoms with Crippen LogP contribution in [-0.2, 0) is 14.8 Å². The maximum Gasteiger partial charge on any atom is 0.243 e. The number of rotatable bonds is 5. The second-order valence-electron chi connectivity index (χ2n) is 8.96. The first-order valence-electron chi connectivity index (χ1n) is 11.4. The van der Waals surface area contributed by atoms with Gasteiger partial charge in [0.05, 0.1) is 10.8 Å². The van der Waals surface area contributed by atoms with E-state index in [4.69, 9.17) is 0 Å². The number of piperidine rings is 1. The summed E-state index contributed by atoms with van der Waals surface area (Å²) in [6, 6.07) is 15.1. The van der Waals surface area contributed by atoms with E-state index in [9.17, 15) is 13.2 Å². The number of carbonyl (C=O) groups is 1. The van der Waals surface area contributed by atoms with E-state index in [-0.39, 0.29) is 23.3 Å². The van der Waals surface area contributed by atoms with Gasteiger partial charge in [-0.05, 0) is 68.4 Å². The molecule has 1 amide bonds. The van der Waals surface area contributed by atoms with Gasteiger partial charge in [0.15, 0.2) is 0 Å². The van der Waals surface area contributed by atoms with Crippen molar-refractivity contribution in [1.82, 2.24) is 4.31 Å². The molecule has 2 fully saturated rings. The lowest BCUT2D eigenvalue weighted by Gasteiger charge is -2.31. The van der Waals surface area contributed by atoms with Crippen molar-refractivity contribution in [2.24, 2.45) is 5.92 Å². The monoisotopic (exact) mass is 440 g/mol. The van der Waals surface area contributed by atoms with E-state index in [1.807, 2.05) is 19.1 Å². The third-order valence-electron chi connectivity index (χ3n) is 6.67. The Balaban J connectivity index is 1.39. The van der Waals surface area contributed by atoms with Crippen molar-refractivity contribution in [3.8, 4) is 0 Å². The molecule has 1 atom stereocenters. The minimum atomic E-state index is -3.58. The maximum atomic E-state index is 13.0. The molecule has 0 aromatic heterocycles. The summed E-state index contributed by atoms with van der Waals surface area (Å²) in [5.41, 5.74) is 3.15. The number of anilines is 1. The molecule has 0 bridgehead atoms. The molecule has 1 saturated carbocycles. The fraction of sp³-hybridized carbons (Fsp3) is 0.480. The van der Waals surface area contributed by atoms with Gasteiger partial charge in [0.2, 0.25) is 15.9 Å². The van der Waals surface area contributed by atoms with E-state index in [0.717, 1.165) is 11.3 Å². The minimum absolute atomic E-state index is 0.103. The third kappa shape index (κ3) is 5.18. The van der Waals surface area contributed by atoms with Crippen LogP contribution in [0.4, 0.5) is 5.69 Å². The van der Waals surface area contributed by atoms with Crippen molar-refractivity contribution in [2.45, 2.75) is 62.7 Å². The average Bonchev–Trinajstić information content (AvgIpc) is 2.80. The van der Waals surface area contributed by atoms with Gasteiger partial charge >= 0.3 is 0 Å². The molecular formula is C25H32N2O3S. The largest absolute Gasteiger partial charge is 0.326 e. The van der Waals surface area contributed by atoms with Gasteiger partial charge in [-0.1, -0.05) is 49.1 Å². The molecule has 1 aliphatic carbocycles. The second kappa shape index (κ2) is 9.53. The molecule has 0 unspecified atom stereocenters. The molecule has 31 heavy (non-hydrogen) atoms. The van der Waals surface area contributed by atoms with Gasteiger partial charge in [-0.3, -0.25) is 4.79 Å². The summed E-state index contributed by atoms with van der Waals surface area (Å²) < 4.78 is 27.5. The number of hydrogen-bond donors (Lipinski definition) is 1. The van der Waals surface area contributed by atoms with Crippen molar-refractivity contribution in [3.63, 3.8) is 0 Å². The zero-order valence-corrected chi connectivity index (χ0v) is 19.0. The summed E-state index contributed by atoms with van der Waals surface area (Å²) in [6.07, 6.45) is 7.82. The number of nitrogens with zero attached hydrogens (tertiary/aromatic N) is 1. The van der Waals surface area contributed by atoms with Crippen LogP contribution in [0.2, 0.25) is 0 Å². The molecule has 1 saturated heterocycles. The van der Waals surface area contributed by atoms with E-state index >= 15 is 0 Å². The van der Waals surface area contributed by atoms with Crippen LogP contribution in [0.15, 0.2) is 53.4 Å². The predicted molar refractivity (Wildman–Crippen MR) is 124 cm³/mol. The van der Waals surface area contributed by atoms with Crippen molar-refractivity contribution < 1.29 is 13.2 Å². The van der Waals surface area contributed by atoms with Crippen LogP contribution in [0.5, 0.6) is 0 Å². The van der Waals surface area contributed by atoms with Crippen LogP contribution in [0.25, 0.3) is 0 Å². The number of aryl methyl sites for hydroxylation is 1. The van der Waals surface area contributed by atoms with Gasteiger partial charge in [0.1, 0.15) is 0 Å². The van der Waals surface area contributed by atoms with E-state index in [0.29, 0.717) is 25.3 Å². The van der Waals surface area contributed by atoms with Crippen molar-refractivity contribution in [3.05, 3.63) is 59.7 Å². The van der Waals surface area contributed by atoms with Crippen LogP contribution in [-0.4, -0.2) is 31.7 Å². The van der Waals surface area contributed by atoms with Crippen LogP contribution >= 0.6 is 0 Å². The Kier molecular flexibility index (Phi) is 6.77.